The summed E-state index contributed by atoms with van der Waals surface area (Å²) < 4.78 is 8.85. The fourth-order valence-corrected chi connectivity index (χ4v) is 0.712. The largest absolute Gasteiger partial charge is 1.00 e. The molecule has 6 nitrogen and oxygen atoms in total. The topological polar surface area (TPSA) is 92.7 Å². The Hall–Kier alpha value is -0.850. The zero-order valence-electron chi connectivity index (χ0n) is 9.44. The van der Waals surface area contributed by atoms with E-state index in [4.69, 9.17) is 0 Å². The number of rotatable bonds is 5. The van der Waals surface area contributed by atoms with E-state index in [0.717, 1.165) is 0 Å². The molecule has 0 aromatic carbocycles. The van der Waals surface area contributed by atoms with Gasteiger partial charge in [-0.15, -0.1) is 0 Å². The summed E-state index contributed by atoms with van der Waals surface area (Å²) in [5, 5.41) is 10.5. The number of hydrogen-bond acceptors (Lipinski definition) is 6. The van der Waals surface area contributed by atoms with E-state index in [2.05, 4.69) is 9.47 Å². The van der Waals surface area contributed by atoms with Crippen LogP contribution in [0.4, 0.5) is 0 Å². The smallest absolute Gasteiger partial charge is 0.545 e. The molecule has 0 aliphatic rings. The average Bonchev–Trinajstić information content (AvgIpc) is 2.14. The molecule has 0 radical (unpaired) electrons. The molecule has 0 saturated heterocycles. The van der Waals surface area contributed by atoms with E-state index in [9.17, 15) is 19.5 Å². The van der Waals surface area contributed by atoms with Crippen molar-refractivity contribution in [3.8, 4) is 0 Å². The van der Waals surface area contributed by atoms with Crippen LogP contribution in [0.2, 0.25) is 0 Å². The third kappa shape index (κ3) is 6.60. The third-order valence-corrected chi connectivity index (χ3v) is 1.26. The molecule has 0 aliphatic heterocycles. The van der Waals surface area contributed by atoms with Crippen molar-refractivity contribution >= 4 is 17.9 Å². The minimum atomic E-state index is -1.78. The molecule has 16 heavy (non-hydrogen) atoms. The van der Waals surface area contributed by atoms with Gasteiger partial charge in [-0.3, -0.25) is 0 Å². The molecule has 0 bridgehead atoms. The van der Waals surface area contributed by atoms with Gasteiger partial charge >= 0.3 is 41.5 Å². The monoisotopic (exact) mass is 238 g/mol. The molecule has 0 N–H and O–H groups in total. The number of carbonyl (C=O) groups excluding carboxylic acids is 3. The van der Waals surface area contributed by atoms with E-state index in [1.54, 1.807) is 6.92 Å². The molecule has 0 atom stereocenters. The van der Waals surface area contributed by atoms with Crippen molar-refractivity contribution < 1.29 is 58.5 Å². The van der Waals surface area contributed by atoms with Crippen molar-refractivity contribution in [2.75, 3.05) is 13.2 Å². The summed E-state index contributed by atoms with van der Waals surface area (Å²) in [6.07, 6.45) is 0.539. The molecule has 0 fully saturated rings. The normalized spacial score (nSPS) is 10.0. The minimum absolute atomic E-state index is 0. The van der Waals surface area contributed by atoms with Crippen LogP contribution in [0, 0.1) is 0 Å². The van der Waals surface area contributed by atoms with E-state index in [1.165, 1.54) is 6.92 Å². The number of hydrogen-bond donors (Lipinski definition) is 0. The van der Waals surface area contributed by atoms with Gasteiger partial charge in [0.2, 0.25) is 0 Å². The molecule has 0 rings (SSSR count). The molecular formula is C9H11NaO6. The van der Waals surface area contributed by atoms with Gasteiger partial charge in [0.15, 0.2) is 0 Å². The Morgan fingerprint density at radius 1 is 1.12 bits per heavy atom. The number of carboxylic acids is 1. The van der Waals surface area contributed by atoms with Crippen LogP contribution in [0.5, 0.6) is 0 Å². The molecule has 7 heteroatoms. The van der Waals surface area contributed by atoms with Gasteiger partial charge in [0.25, 0.3) is 0 Å². The predicted octanol–water partition coefficient (Wildman–Crippen LogP) is -4.21. The first-order valence-corrected chi connectivity index (χ1v) is 4.29. The van der Waals surface area contributed by atoms with Crippen molar-refractivity contribution in [2.45, 2.75) is 13.8 Å². The third-order valence-electron chi connectivity index (χ3n) is 1.26. The van der Waals surface area contributed by atoms with Gasteiger partial charge in [-0.05, 0) is 13.8 Å². The molecule has 0 aromatic rings. The van der Waals surface area contributed by atoms with E-state index >= 15 is 0 Å². The van der Waals surface area contributed by atoms with Crippen molar-refractivity contribution in [3.05, 3.63) is 11.6 Å². The zero-order chi connectivity index (χ0) is 11.8. The molecule has 0 aliphatic carbocycles. The number of carbonyl (C=O) groups is 3. The van der Waals surface area contributed by atoms with Gasteiger partial charge < -0.3 is 19.4 Å². The number of aliphatic carboxylic acids is 1. The summed E-state index contributed by atoms with van der Waals surface area (Å²) in [4.78, 5) is 32.3. The first kappa shape index (κ1) is 17.5. The standard InChI is InChI=1S/C9H12O6.Na/c1-3-14-7(10)5-6(8(11)12)9(13)15-4-2;/h5H,3-4H2,1-2H3,(H,11,12);/q;+1/p-1/b6-5-;. The van der Waals surface area contributed by atoms with Gasteiger partial charge in [0.05, 0.1) is 24.8 Å². The van der Waals surface area contributed by atoms with Crippen molar-refractivity contribution in [3.63, 3.8) is 0 Å². The second-order valence-corrected chi connectivity index (χ2v) is 2.32. The van der Waals surface area contributed by atoms with Crippen LogP contribution >= 0.6 is 0 Å². The Bertz CT molecular complexity index is 296. The molecule has 0 amide bonds. The summed E-state index contributed by atoms with van der Waals surface area (Å²) in [7, 11) is 0. The van der Waals surface area contributed by atoms with Crippen LogP contribution in [0.25, 0.3) is 0 Å². The predicted molar refractivity (Wildman–Crippen MR) is 46.4 cm³/mol. The van der Waals surface area contributed by atoms with E-state index in [1.807, 2.05) is 0 Å². The summed E-state index contributed by atoms with van der Waals surface area (Å²) in [5.74, 6) is -3.82. The molecule has 0 unspecified atom stereocenters. The first-order chi connectivity index (χ1) is 7.02. The fourth-order valence-electron chi connectivity index (χ4n) is 0.712. The molecule has 0 heterocycles. The van der Waals surface area contributed by atoms with Gasteiger partial charge in [-0.2, -0.15) is 0 Å². The Morgan fingerprint density at radius 2 is 1.62 bits per heavy atom. The molecule has 0 aromatic heterocycles. The number of ether oxygens (including phenoxy) is 2. The van der Waals surface area contributed by atoms with Crippen LogP contribution < -0.4 is 34.7 Å². The van der Waals surface area contributed by atoms with Crippen molar-refractivity contribution in [2.24, 2.45) is 0 Å². The van der Waals surface area contributed by atoms with Crippen LogP contribution in [0.1, 0.15) is 13.8 Å². The SMILES string of the molecule is CCOC(=O)/C=C(/C(=O)[O-])C(=O)OCC.[Na+]. The van der Waals surface area contributed by atoms with Gasteiger partial charge in [0.1, 0.15) is 0 Å². The molecule has 0 saturated carbocycles. The molecular weight excluding hydrogens is 227 g/mol. The average molecular weight is 238 g/mol. The quantitative estimate of drug-likeness (QED) is 0.158. The van der Waals surface area contributed by atoms with Crippen LogP contribution in [0.3, 0.4) is 0 Å². The molecule has 0 spiro atoms. The second kappa shape index (κ2) is 9.38. The van der Waals surface area contributed by atoms with Gasteiger partial charge in [-0.25, -0.2) is 9.59 Å². The summed E-state index contributed by atoms with van der Waals surface area (Å²) in [5.41, 5.74) is -0.852. The maximum absolute atomic E-state index is 11.0. The van der Waals surface area contributed by atoms with Crippen LogP contribution in [0.15, 0.2) is 11.6 Å². The zero-order valence-corrected chi connectivity index (χ0v) is 11.4. The van der Waals surface area contributed by atoms with Crippen molar-refractivity contribution in [1.29, 1.82) is 0 Å². The fraction of sp³-hybridized carbons (Fsp3) is 0.444. The number of carboxylic acid groups (broad SMARTS) is 1. The van der Waals surface area contributed by atoms with Crippen LogP contribution in [-0.4, -0.2) is 31.1 Å². The molecule has 84 valence electrons. The summed E-state index contributed by atoms with van der Waals surface area (Å²) in [6, 6.07) is 0. The maximum Gasteiger partial charge on any atom is 1.00 e. The number of esters is 2. The van der Waals surface area contributed by atoms with E-state index in [0.29, 0.717) is 6.08 Å². The Kier molecular flexibility index (Phi) is 10.3. The summed E-state index contributed by atoms with van der Waals surface area (Å²) in [6.45, 7) is 3.15. The van der Waals surface area contributed by atoms with E-state index < -0.39 is 23.5 Å². The Balaban J connectivity index is 0. The maximum atomic E-state index is 11.0. The van der Waals surface area contributed by atoms with Crippen molar-refractivity contribution in [1.82, 2.24) is 0 Å². The Labute approximate surface area is 115 Å². The first-order valence-electron chi connectivity index (χ1n) is 4.29. The minimum Gasteiger partial charge on any atom is -0.545 e. The van der Waals surface area contributed by atoms with Crippen LogP contribution in [-0.2, 0) is 23.9 Å². The van der Waals surface area contributed by atoms with Gasteiger partial charge in [0, 0.05) is 6.08 Å². The second-order valence-electron chi connectivity index (χ2n) is 2.32. The van der Waals surface area contributed by atoms with E-state index in [-0.39, 0.29) is 42.8 Å². The Morgan fingerprint density at radius 3 is 2.00 bits per heavy atom. The van der Waals surface area contributed by atoms with Gasteiger partial charge in [-0.1, -0.05) is 0 Å². The summed E-state index contributed by atoms with van der Waals surface area (Å²) >= 11 is 0.